The van der Waals surface area contributed by atoms with Crippen molar-refractivity contribution in [3.63, 3.8) is 0 Å². The molecule has 0 N–H and O–H groups in total. The zero-order valence-electron chi connectivity index (χ0n) is 13.6. The Bertz CT molecular complexity index is 540. The molecule has 1 aromatic heterocycles. The van der Waals surface area contributed by atoms with Gasteiger partial charge in [-0.2, -0.15) is 0 Å². The normalized spacial score (nSPS) is 22.7. The van der Waals surface area contributed by atoms with E-state index in [2.05, 4.69) is 16.8 Å². The molecule has 0 spiro atoms. The molecule has 126 valence electrons. The van der Waals surface area contributed by atoms with Gasteiger partial charge >= 0.3 is 0 Å². The Kier molecular flexibility index (Phi) is 5.75. The minimum Gasteiger partial charge on any atom is -0.416 e. The van der Waals surface area contributed by atoms with Gasteiger partial charge in [-0.1, -0.05) is 49.9 Å². The first-order chi connectivity index (χ1) is 11.3. The number of thioether (sulfide) groups is 1. The van der Waals surface area contributed by atoms with E-state index in [1.807, 2.05) is 4.90 Å². The molecule has 1 aliphatic heterocycles. The maximum absolute atomic E-state index is 12.2. The van der Waals surface area contributed by atoms with Crippen molar-refractivity contribution < 1.29 is 9.21 Å². The van der Waals surface area contributed by atoms with Gasteiger partial charge in [-0.25, -0.2) is 0 Å². The molecule has 0 radical (unpaired) electrons. The second-order valence-electron chi connectivity index (χ2n) is 6.47. The molecule has 1 amide bonds. The van der Waals surface area contributed by atoms with Crippen LogP contribution in [0.1, 0.15) is 50.8 Å². The van der Waals surface area contributed by atoms with Gasteiger partial charge in [-0.15, -0.1) is 16.8 Å². The largest absolute Gasteiger partial charge is 0.416 e. The number of aryl methyl sites for hydroxylation is 1. The highest BCUT2D eigenvalue weighted by Crippen LogP contribution is 2.31. The van der Waals surface area contributed by atoms with E-state index in [4.69, 9.17) is 4.42 Å². The van der Waals surface area contributed by atoms with E-state index < -0.39 is 0 Å². The number of carbonyl (C=O) groups is 1. The van der Waals surface area contributed by atoms with E-state index in [1.54, 1.807) is 6.08 Å². The second-order valence-corrected chi connectivity index (χ2v) is 7.63. The predicted octanol–water partition coefficient (Wildman–Crippen LogP) is 3.46. The highest BCUT2D eigenvalue weighted by atomic mass is 32.2. The molecular weight excluding hydrogens is 310 g/mol. The minimum atomic E-state index is -0.0957. The van der Waals surface area contributed by atoms with Crippen molar-refractivity contribution >= 4 is 17.7 Å². The zero-order valence-corrected chi connectivity index (χ0v) is 14.4. The van der Waals surface area contributed by atoms with Gasteiger partial charge in [0.2, 0.25) is 11.8 Å². The third kappa shape index (κ3) is 4.37. The van der Waals surface area contributed by atoms with Gasteiger partial charge in [0, 0.05) is 19.5 Å². The summed E-state index contributed by atoms with van der Waals surface area (Å²) in [5, 5.41) is 8.68. The smallest absolute Gasteiger partial charge is 0.277 e. The van der Waals surface area contributed by atoms with E-state index in [1.165, 1.54) is 43.9 Å². The molecule has 1 atom stereocenters. The number of rotatable bonds is 7. The van der Waals surface area contributed by atoms with Crippen LogP contribution >= 0.6 is 11.8 Å². The van der Waals surface area contributed by atoms with E-state index in [0.717, 1.165) is 31.7 Å². The molecule has 0 aromatic carbocycles. The Labute approximate surface area is 141 Å². The first kappa shape index (κ1) is 16.6. The third-order valence-electron chi connectivity index (χ3n) is 4.78. The molecule has 2 fully saturated rings. The van der Waals surface area contributed by atoms with Crippen LogP contribution in [0, 0.1) is 5.92 Å². The quantitative estimate of drug-likeness (QED) is 0.714. The van der Waals surface area contributed by atoms with Crippen LogP contribution in [0.4, 0.5) is 0 Å². The first-order valence-corrected chi connectivity index (χ1v) is 9.53. The summed E-state index contributed by atoms with van der Waals surface area (Å²) < 4.78 is 5.73. The summed E-state index contributed by atoms with van der Waals surface area (Å²) in [7, 11) is 0. The zero-order chi connectivity index (χ0) is 16.1. The van der Waals surface area contributed by atoms with Crippen LogP contribution in [0.3, 0.4) is 0 Å². The average Bonchev–Trinajstić information content (AvgIpc) is 3.16. The molecule has 1 unspecified atom stereocenters. The van der Waals surface area contributed by atoms with Crippen LogP contribution in [-0.2, 0) is 11.2 Å². The number of amides is 1. The number of likely N-dealkylation sites (tertiary alicyclic amines) is 1. The van der Waals surface area contributed by atoms with Crippen LogP contribution < -0.4 is 0 Å². The monoisotopic (exact) mass is 335 g/mol. The van der Waals surface area contributed by atoms with Crippen molar-refractivity contribution in [2.45, 2.75) is 61.8 Å². The fraction of sp³-hybridized carbons (Fsp3) is 0.706. The number of carbonyl (C=O) groups excluding carboxylic acids is 1. The van der Waals surface area contributed by atoms with Crippen molar-refractivity contribution in [2.24, 2.45) is 5.92 Å². The Morgan fingerprint density at radius 1 is 1.26 bits per heavy atom. The molecule has 1 aromatic rings. The summed E-state index contributed by atoms with van der Waals surface area (Å²) in [5.74, 6) is 1.68. The van der Waals surface area contributed by atoms with Gasteiger partial charge in [-0.3, -0.25) is 4.79 Å². The Hall–Kier alpha value is -1.30. The highest BCUT2D eigenvalue weighted by molar-refractivity contribution is 8.00. The Morgan fingerprint density at radius 2 is 2.09 bits per heavy atom. The molecular formula is C17H25N3O2S. The molecule has 2 heterocycles. The van der Waals surface area contributed by atoms with E-state index >= 15 is 0 Å². The van der Waals surface area contributed by atoms with Crippen molar-refractivity contribution in [2.75, 3.05) is 13.1 Å². The molecule has 1 aliphatic carbocycles. The highest BCUT2D eigenvalue weighted by Gasteiger charge is 2.33. The van der Waals surface area contributed by atoms with Crippen molar-refractivity contribution in [3.8, 4) is 0 Å². The maximum Gasteiger partial charge on any atom is 0.277 e. The standard InChI is InChI=1S/C17H25N3O2S/c1-2-11-20-12-10-14(16(20)21)23-17-19-18-15(22-17)9-8-13-6-4-3-5-7-13/h2,13-14H,1,3-12H2. The topological polar surface area (TPSA) is 59.2 Å². The van der Waals surface area contributed by atoms with Crippen LogP contribution in [-0.4, -0.2) is 39.3 Å². The summed E-state index contributed by atoms with van der Waals surface area (Å²) >= 11 is 1.41. The van der Waals surface area contributed by atoms with Gasteiger partial charge in [0.15, 0.2) is 0 Å². The molecule has 1 saturated carbocycles. The van der Waals surface area contributed by atoms with Crippen molar-refractivity contribution in [3.05, 3.63) is 18.5 Å². The van der Waals surface area contributed by atoms with Crippen molar-refractivity contribution in [1.82, 2.24) is 15.1 Å². The average molecular weight is 335 g/mol. The number of hydrogen-bond acceptors (Lipinski definition) is 5. The van der Waals surface area contributed by atoms with Gasteiger partial charge in [0.05, 0.1) is 5.25 Å². The lowest BCUT2D eigenvalue weighted by Crippen LogP contribution is -2.28. The molecule has 23 heavy (non-hydrogen) atoms. The molecule has 0 bridgehead atoms. The van der Waals surface area contributed by atoms with Gasteiger partial charge in [-0.05, 0) is 18.8 Å². The minimum absolute atomic E-state index is 0.0957. The van der Waals surface area contributed by atoms with Gasteiger partial charge in [0.25, 0.3) is 5.22 Å². The summed E-state index contributed by atoms with van der Waals surface area (Å²) in [6, 6.07) is 0. The molecule has 6 heteroatoms. The lowest BCUT2D eigenvalue weighted by atomic mass is 9.86. The summed E-state index contributed by atoms with van der Waals surface area (Å²) in [6.45, 7) is 5.09. The SMILES string of the molecule is C=CCN1CCC(Sc2nnc(CCC3CCCCC3)o2)C1=O. The van der Waals surface area contributed by atoms with E-state index in [-0.39, 0.29) is 11.2 Å². The fourth-order valence-corrected chi connectivity index (χ4v) is 4.42. The third-order valence-corrected chi connectivity index (χ3v) is 5.87. The number of aromatic nitrogens is 2. The summed E-state index contributed by atoms with van der Waals surface area (Å²) in [6.07, 6.45) is 11.4. The first-order valence-electron chi connectivity index (χ1n) is 8.65. The lowest BCUT2D eigenvalue weighted by Gasteiger charge is -2.20. The van der Waals surface area contributed by atoms with Gasteiger partial charge < -0.3 is 9.32 Å². The van der Waals surface area contributed by atoms with Crippen LogP contribution in [0.25, 0.3) is 0 Å². The number of nitrogens with zero attached hydrogens (tertiary/aromatic N) is 3. The van der Waals surface area contributed by atoms with Crippen LogP contribution in [0.2, 0.25) is 0 Å². The Morgan fingerprint density at radius 3 is 2.87 bits per heavy atom. The van der Waals surface area contributed by atoms with Crippen LogP contribution in [0.15, 0.2) is 22.3 Å². The summed E-state index contributed by atoms with van der Waals surface area (Å²) in [4.78, 5) is 14.0. The Balaban J connectivity index is 1.47. The van der Waals surface area contributed by atoms with Gasteiger partial charge in [0.1, 0.15) is 0 Å². The molecule has 1 saturated heterocycles. The second kappa shape index (κ2) is 7.99. The van der Waals surface area contributed by atoms with Crippen LogP contribution in [0.5, 0.6) is 0 Å². The van der Waals surface area contributed by atoms with E-state index in [0.29, 0.717) is 17.7 Å². The summed E-state index contributed by atoms with van der Waals surface area (Å²) in [5.41, 5.74) is 0. The molecule has 3 rings (SSSR count). The van der Waals surface area contributed by atoms with E-state index in [9.17, 15) is 4.79 Å². The fourth-order valence-electron chi connectivity index (χ4n) is 3.47. The maximum atomic E-state index is 12.2. The number of hydrogen-bond donors (Lipinski definition) is 0. The predicted molar refractivity (Wildman–Crippen MR) is 90.2 cm³/mol. The lowest BCUT2D eigenvalue weighted by molar-refractivity contribution is -0.126. The van der Waals surface area contributed by atoms with Crippen molar-refractivity contribution in [1.29, 1.82) is 0 Å². The molecule has 2 aliphatic rings. The molecule has 5 nitrogen and oxygen atoms in total.